The zero-order chi connectivity index (χ0) is 9.36. The van der Waals surface area contributed by atoms with Crippen LogP contribution in [0.5, 0.6) is 0 Å². The summed E-state index contributed by atoms with van der Waals surface area (Å²) in [6, 6.07) is 0. The predicted octanol–water partition coefficient (Wildman–Crippen LogP) is 1.22. The summed E-state index contributed by atoms with van der Waals surface area (Å²) < 4.78 is 5.49. The summed E-state index contributed by atoms with van der Waals surface area (Å²) in [5.74, 6) is 0. The van der Waals surface area contributed by atoms with Crippen LogP contribution >= 0.6 is 0 Å². The molecule has 78 valence electrons. The van der Waals surface area contributed by atoms with Crippen molar-refractivity contribution in [1.29, 1.82) is 0 Å². The molecule has 0 aromatic heterocycles. The summed E-state index contributed by atoms with van der Waals surface area (Å²) in [6.45, 7) is 4.25. The summed E-state index contributed by atoms with van der Waals surface area (Å²) in [5.41, 5.74) is 0. The van der Waals surface area contributed by atoms with E-state index in [1.165, 1.54) is 32.4 Å². The molecule has 1 heterocycles. The molecule has 1 N–H and O–H groups in total. The van der Waals surface area contributed by atoms with Crippen LogP contribution in [-0.4, -0.2) is 43.0 Å². The number of hydrogen-bond acceptors (Lipinski definition) is 3. The van der Waals surface area contributed by atoms with Crippen LogP contribution in [0, 0.1) is 0 Å². The van der Waals surface area contributed by atoms with Crippen molar-refractivity contribution >= 4 is 0 Å². The number of nitrogens with zero attached hydrogens (tertiary/aromatic N) is 1. The fourth-order valence-corrected chi connectivity index (χ4v) is 1.60. The Labute approximate surface area is 80.7 Å². The summed E-state index contributed by atoms with van der Waals surface area (Å²) >= 11 is 0. The lowest BCUT2D eigenvalue weighted by molar-refractivity contribution is 0.0164. The van der Waals surface area contributed by atoms with Gasteiger partial charge in [-0.1, -0.05) is 6.42 Å². The van der Waals surface area contributed by atoms with Crippen molar-refractivity contribution in [3.8, 4) is 0 Å². The topological polar surface area (TPSA) is 32.7 Å². The maximum absolute atomic E-state index is 8.55. The molecule has 1 aliphatic heterocycles. The van der Waals surface area contributed by atoms with Gasteiger partial charge >= 0.3 is 0 Å². The van der Waals surface area contributed by atoms with E-state index in [-0.39, 0.29) is 6.61 Å². The third-order valence-corrected chi connectivity index (χ3v) is 2.42. The first-order chi connectivity index (χ1) is 6.43. The van der Waals surface area contributed by atoms with Crippen molar-refractivity contribution in [2.75, 3.05) is 33.0 Å². The maximum atomic E-state index is 8.55. The van der Waals surface area contributed by atoms with E-state index in [2.05, 4.69) is 4.90 Å². The van der Waals surface area contributed by atoms with Gasteiger partial charge in [-0.25, -0.2) is 0 Å². The second-order valence-electron chi connectivity index (χ2n) is 3.65. The summed E-state index contributed by atoms with van der Waals surface area (Å²) in [6.07, 6.45) is 5.85. The van der Waals surface area contributed by atoms with Crippen molar-refractivity contribution < 1.29 is 9.84 Å². The lowest BCUT2D eigenvalue weighted by atomic mass is 10.1. The first kappa shape index (κ1) is 11.0. The van der Waals surface area contributed by atoms with Crippen molar-refractivity contribution in [3.63, 3.8) is 0 Å². The molecular weight excluding hydrogens is 166 g/mol. The van der Waals surface area contributed by atoms with Gasteiger partial charge in [-0.05, 0) is 25.7 Å². The average molecular weight is 187 g/mol. The molecule has 1 rings (SSSR count). The normalized spacial score (nSPS) is 19.2. The van der Waals surface area contributed by atoms with Crippen LogP contribution in [0.1, 0.15) is 32.1 Å². The maximum Gasteiger partial charge on any atom is 0.0990 e. The van der Waals surface area contributed by atoms with Crippen LogP contribution in [-0.2, 0) is 4.74 Å². The van der Waals surface area contributed by atoms with Crippen LogP contribution in [0.3, 0.4) is 0 Å². The van der Waals surface area contributed by atoms with E-state index >= 15 is 0 Å². The van der Waals surface area contributed by atoms with Crippen LogP contribution in [0.15, 0.2) is 0 Å². The highest BCUT2D eigenvalue weighted by atomic mass is 16.5. The molecule has 1 fully saturated rings. The minimum atomic E-state index is 0.285. The number of unbranched alkanes of at least 4 members (excludes halogenated alkanes) is 1. The number of aliphatic hydroxyl groups excluding tert-OH is 1. The Morgan fingerprint density at radius 1 is 1.08 bits per heavy atom. The van der Waals surface area contributed by atoms with Crippen molar-refractivity contribution in [3.05, 3.63) is 0 Å². The largest absolute Gasteiger partial charge is 0.396 e. The Balaban J connectivity index is 1.86. The van der Waals surface area contributed by atoms with E-state index in [1.807, 2.05) is 0 Å². The van der Waals surface area contributed by atoms with Crippen LogP contribution in [0.25, 0.3) is 0 Å². The van der Waals surface area contributed by atoms with Gasteiger partial charge in [-0.2, -0.15) is 0 Å². The smallest absolute Gasteiger partial charge is 0.0990 e. The molecule has 0 aliphatic carbocycles. The molecule has 1 aliphatic rings. The Morgan fingerprint density at radius 2 is 1.85 bits per heavy atom. The molecular formula is C10H21NO2. The van der Waals surface area contributed by atoms with Gasteiger partial charge in [0.2, 0.25) is 0 Å². The average Bonchev–Trinajstić information content (AvgIpc) is 2.19. The van der Waals surface area contributed by atoms with E-state index in [0.29, 0.717) is 0 Å². The highest BCUT2D eigenvalue weighted by Gasteiger charge is 2.08. The summed E-state index contributed by atoms with van der Waals surface area (Å²) in [7, 11) is 0. The molecule has 0 saturated carbocycles. The van der Waals surface area contributed by atoms with Gasteiger partial charge in [0.15, 0.2) is 0 Å². The van der Waals surface area contributed by atoms with Gasteiger partial charge < -0.3 is 9.84 Å². The first-order valence-corrected chi connectivity index (χ1v) is 5.34. The molecule has 13 heavy (non-hydrogen) atoms. The predicted molar refractivity (Wildman–Crippen MR) is 52.6 cm³/mol. The van der Waals surface area contributed by atoms with Crippen molar-refractivity contribution in [1.82, 2.24) is 4.90 Å². The molecule has 1 saturated heterocycles. The molecule has 0 aromatic rings. The Hall–Kier alpha value is -0.120. The minimum absolute atomic E-state index is 0.285. The van der Waals surface area contributed by atoms with Gasteiger partial charge in [0.05, 0.1) is 6.73 Å². The Morgan fingerprint density at radius 3 is 2.54 bits per heavy atom. The molecule has 0 unspecified atom stereocenters. The van der Waals surface area contributed by atoms with E-state index < -0.39 is 0 Å². The Kier molecular flexibility index (Phi) is 6.15. The standard InChI is InChI=1S/C10H21NO2/c12-8-4-5-9-13-10-11-6-2-1-3-7-11/h12H,1-10H2. The van der Waals surface area contributed by atoms with Crippen LogP contribution in [0.4, 0.5) is 0 Å². The zero-order valence-corrected chi connectivity index (χ0v) is 8.37. The molecule has 0 aromatic carbocycles. The second-order valence-corrected chi connectivity index (χ2v) is 3.65. The van der Waals surface area contributed by atoms with Crippen LogP contribution in [0.2, 0.25) is 0 Å². The van der Waals surface area contributed by atoms with E-state index in [1.54, 1.807) is 0 Å². The molecule has 0 bridgehead atoms. The number of likely N-dealkylation sites (tertiary alicyclic amines) is 1. The summed E-state index contributed by atoms with van der Waals surface area (Å²) in [5, 5.41) is 8.55. The number of ether oxygens (including phenoxy) is 1. The fraction of sp³-hybridized carbons (Fsp3) is 1.00. The van der Waals surface area contributed by atoms with Gasteiger partial charge in [0.25, 0.3) is 0 Å². The monoisotopic (exact) mass is 187 g/mol. The molecule has 3 nitrogen and oxygen atoms in total. The third kappa shape index (κ3) is 5.24. The number of aliphatic hydroxyl groups is 1. The zero-order valence-electron chi connectivity index (χ0n) is 8.37. The molecule has 0 spiro atoms. The number of hydrogen-bond donors (Lipinski definition) is 1. The van der Waals surface area contributed by atoms with Gasteiger partial charge in [0.1, 0.15) is 0 Å². The molecule has 0 atom stereocenters. The van der Waals surface area contributed by atoms with E-state index in [9.17, 15) is 0 Å². The van der Waals surface area contributed by atoms with E-state index in [0.717, 1.165) is 26.2 Å². The minimum Gasteiger partial charge on any atom is -0.396 e. The molecule has 3 heteroatoms. The lowest BCUT2D eigenvalue weighted by Gasteiger charge is -2.25. The second kappa shape index (κ2) is 7.30. The highest BCUT2D eigenvalue weighted by Crippen LogP contribution is 2.07. The third-order valence-electron chi connectivity index (χ3n) is 2.42. The molecule has 0 radical (unpaired) electrons. The van der Waals surface area contributed by atoms with Crippen molar-refractivity contribution in [2.24, 2.45) is 0 Å². The first-order valence-electron chi connectivity index (χ1n) is 5.34. The van der Waals surface area contributed by atoms with Crippen molar-refractivity contribution in [2.45, 2.75) is 32.1 Å². The number of piperidine rings is 1. The Bertz CT molecular complexity index is 113. The highest BCUT2D eigenvalue weighted by molar-refractivity contribution is 4.60. The van der Waals surface area contributed by atoms with Gasteiger partial charge in [-0.3, -0.25) is 4.90 Å². The lowest BCUT2D eigenvalue weighted by Crippen LogP contribution is -2.31. The summed E-state index contributed by atoms with van der Waals surface area (Å²) in [4.78, 5) is 2.36. The van der Waals surface area contributed by atoms with Gasteiger partial charge in [-0.15, -0.1) is 0 Å². The van der Waals surface area contributed by atoms with E-state index in [4.69, 9.17) is 9.84 Å². The van der Waals surface area contributed by atoms with Gasteiger partial charge in [0, 0.05) is 26.3 Å². The fourth-order valence-electron chi connectivity index (χ4n) is 1.60. The SMILES string of the molecule is OCCCCOCN1CCCCC1. The van der Waals surface area contributed by atoms with Crippen LogP contribution < -0.4 is 0 Å². The number of rotatable bonds is 6. The quantitative estimate of drug-likeness (QED) is 0.635. The molecule has 0 amide bonds.